The zero-order valence-electron chi connectivity index (χ0n) is 11.3. The van der Waals surface area contributed by atoms with Crippen LogP contribution in [-0.2, 0) is 9.59 Å². The molecule has 0 atom stereocenters. The van der Waals surface area contributed by atoms with Gasteiger partial charge in [-0.25, -0.2) is 0 Å². The SMILES string of the molecule is CCCCNC(=O)C(CC)C(=O)NCCCC. The maximum Gasteiger partial charge on any atom is 0.232 e. The van der Waals surface area contributed by atoms with E-state index in [1.807, 2.05) is 6.92 Å². The van der Waals surface area contributed by atoms with E-state index in [1.54, 1.807) is 0 Å². The first-order valence-corrected chi connectivity index (χ1v) is 6.72. The van der Waals surface area contributed by atoms with Gasteiger partial charge in [-0.2, -0.15) is 0 Å². The van der Waals surface area contributed by atoms with Gasteiger partial charge >= 0.3 is 0 Å². The molecule has 0 aromatic carbocycles. The molecule has 0 radical (unpaired) electrons. The number of carbonyl (C=O) groups is 2. The largest absolute Gasteiger partial charge is 0.355 e. The van der Waals surface area contributed by atoms with E-state index in [4.69, 9.17) is 0 Å². The van der Waals surface area contributed by atoms with Gasteiger partial charge in [-0.05, 0) is 19.3 Å². The smallest absolute Gasteiger partial charge is 0.232 e. The van der Waals surface area contributed by atoms with Crippen LogP contribution in [0.3, 0.4) is 0 Å². The molecule has 0 aromatic rings. The molecule has 4 nitrogen and oxygen atoms in total. The van der Waals surface area contributed by atoms with Gasteiger partial charge in [0.1, 0.15) is 5.92 Å². The van der Waals surface area contributed by atoms with Crippen molar-refractivity contribution in [3.63, 3.8) is 0 Å². The zero-order chi connectivity index (χ0) is 13.1. The Kier molecular flexibility index (Phi) is 9.49. The summed E-state index contributed by atoms with van der Waals surface area (Å²) in [5.74, 6) is -0.825. The molecule has 2 N–H and O–H groups in total. The van der Waals surface area contributed by atoms with Crippen molar-refractivity contribution in [1.82, 2.24) is 10.6 Å². The maximum absolute atomic E-state index is 11.8. The normalized spacial score (nSPS) is 10.4. The van der Waals surface area contributed by atoms with Crippen molar-refractivity contribution in [2.75, 3.05) is 13.1 Å². The van der Waals surface area contributed by atoms with Gasteiger partial charge in [0.2, 0.25) is 11.8 Å². The van der Waals surface area contributed by atoms with Crippen LogP contribution in [-0.4, -0.2) is 24.9 Å². The Labute approximate surface area is 105 Å². The molecule has 0 unspecified atom stereocenters. The average Bonchev–Trinajstić information content (AvgIpc) is 2.30. The van der Waals surface area contributed by atoms with Gasteiger partial charge in [0.05, 0.1) is 0 Å². The summed E-state index contributed by atoms with van der Waals surface area (Å²) in [4.78, 5) is 23.5. The Morgan fingerprint density at radius 1 is 0.882 bits per heavy atom. The van der Waals surface area contributed by atoms with Crippen molar-refractivity contribution in [1.29, 1.82) is 0 Å². The molecule has 0 rings (SSSR count). The van der Waals surface area contributed by atoms with Crippen molar-refractivity contribution < 1.29 is 9.59 Å². The van der Waals surface area contributed by atoms with E-state index < -0.39 is 5.92 Å². The molecule has 0 spiro atoms. The molecule has 100 valence electrons. The number of rotatable bonds is 9. The van der Waals surface area contributed by atoms with Gasteiger partial charge in [0.25, 0.3) is 0 Å². The molecule has 0 aromatic heterocycles. The van der Waals surface area contributed by atoms with Gasteiger partial charge in [-0.1, -0.05) is 33.6 Å². The van der Waals surface area contributed by atoms with Gasteiger partial charge in [0, 0.05) is 13.1 Å². The summed E-state index contributed by atoms with van der Waals surface area (Å²) in [6.45, 7) is 7.33. The molecular formula is C13H26N2O2. The van der Waals surface area contributed by atoms with E-state index in [0.717, 1.165) is 25.7 Å². The monoisotopic (exact) mass is 242 g/mol. The minimum absolute atomic E-state index is 0.144. The minimum Gasteiger partial charge on any atom is -0.355 e. The number of amides is 2. The minimum atomic E-state index is -0.538. The summed E-state index contributed by atoms with van der Waals surface area (Å²) >= 11 is 0. The van der Waals surface area contributed by atoms with Gasteiger partial charge in [-0.15, -0.1) is 0 Å². The van der Waals surface area contributed by atoms with Crippen LogP contribution in [0.25, 0.3) is 0 Å². The van der Waals surface area contributed by atoms with Gasteiger partial charge in [0.15, 0.2) is 0 Å². The molecule has 0 aliphatic rings. The second-order valence-electron chi connectivity index (χ2n) is 4.25. The van der Waals surface area contributed by atoms with Crippen LogP contribution in [0.15, 0.2) is 0 Å². The van der Waals surface area contributed by atoms with Crippen LogP contribution in [0, 0.1) is 5.92 Å². The Bertz CT molecular complexity index is 207. The molecule has 0 fully saturated rings. The van der Waals surface area contributed by atoms with Crippen LogP contribution >= 0.6 is 0 Å². The summed E-state index contributed by atoms with van der Waals surface area (Å²) in [6, 6.07) is 0. The van der Waals surface area contributed by atoms with E-state index in [2.05, 4.69) is 24.5 Å². The Morgan fingerprint density at radius 3 is 1.59 bits per heavy atom. The van der Waals surface area contributed by atoms with Crippen molar-refractivity contribution in [2.45, 2.75) is 52.9 Å². The third-order valence-electron chi connectivity index (χ3n) is 2.70. The molecule has 2 amide bonds. The van der Waals surface area contributed by atoms with E-state index in [-0.39, 0.29) is 11.8 Å². The summed E-state index contributed by atoms with van der Waals surface area (Å²) in [5.41, 5.74) is 0. The number of carbonyl (C=O) groups excluding carboxylic acids is 2. The molecule has 0 aliphatic heterocycles. The quantitative estimate of drug-likeness (QED) is 0.479. The lowest BCUT2D eigenvalue weighted by molar-refractivity contribution is -0.135. The summed E-state index contributed by atoms with van der Waals surface area (Å²) in [6.07, 6.45) is 4.55. The molecule has 0 saturated carbocycles. The van der Waals surface area contributed by atoms with Crippen LogP contribution in [0.2, 0.25) is 0 Å². The lowest BCUT2D eigenvalue weighted by Gasteiger charge is -2.14. The molecule has 0 saturated heterocycles. The van der Waals surface area contributed by atoms with Crippen molar-refractivity contribution in [2.24, 2.45) is 5.92 Å². The number of unbranched alkanes of at least 4 members (excludes halogenated alkanes) is 2. The summed E-state index contributed by atoms with van der Waals surface area (Å²) in [5, 5.41) is 5.61. The molecule has 17 heavy (non-hydrogen) atoms. The molecule has 0 bridgehead atoms. The van der Waals surface area contributed by atoms with Gasteiger partial charge < -0.3 is 10.6 Å². The Balaban J connectivity index is 4.01. The van der Waals surface area contributed by atoms with Crippen molar-refractivity contribution >= 4 is 11.8 Å². The van der Waals surface area contributed by atoms with Crippen LogP contribution < -0.4 is 10.6 Å². The van der Waals surface area contributed by atoms with Crippen LogP contribution in [0.1, 0.15) is 52.9 Å². The molecule has 0 aliphatic carbocycles. The summed E-state index contributed by atoms with van der Waals surface area (Å²) in [7, 11) is 0. The number of hydrogen-bond donors (Lipinski definition) is 2. The second-order valence-corrected chi connectivity index (χ2v) is 4.25. The van der Waals surface area contributed by atoms with E-state index in [9.17, 15) is 9.59 Å². The fourth-order valence-electron chi connectivity index (χ4n) is 1.51. The van der Waals surface area contributed by atoms with E-state index >= 15 is 0 Å². The lowest BCUT2D eigenvalue weighted by atomic mass is 10.0. The predicted molar refractivity (Wildman–Crippen MR) is 69.6 cm³/mol. The Morgan fingerprint density at radius 2 is 1.29 bits per heavy atom. The number of nitrogens with one attached hydrogen (secondary N) is 2. The van der Waals surface area contributed by atoms with Crippen molar-refractivity contribution in [3.8, 4) is 0 Å². The Hall–Kier alpha value is -1.06. The third-order valence-corrected chi connectivity index (χ3v) is 2.70. The fraction of sp³-hybridized carbons (Fsp3) is 0.846. The molecular weight excluding hydrogens is 216 g/mol. The first kappa shape index (κ1) is 15.9. The third kappa shape index (κ3) is 6.97. The fourth-order valence-corrected chi connectivity index (χ4v) is 1.51. The predicted octanol–water partition coefficient (Wildman–Crippen LogP) is 1.85. The second kappa shape index (κ2) is 10.1. The summed E-state index contributed by atoms with van der Waals surface area (Å²) < 4.78 is 0. The van der Waals surface area contributed by atoms with Crippen LogP contribution in [0.4, 0.5) is 0 Å². The molecule has 0 heterocycles. The van der Waals surface area contributed by atoms with E-state index in [0.29, 0.717) is 19.5 Å². The zero-order valence-corrected chi connectivity index (χ0v) is 11.3. The topological polar surface area (TPSA) is 58.2 Å². The number of hydrogen-bond acceptors (Lipinski definition) is 2. The lowest BCUT2D eigenvalue weighted by Crippen LogP contribution is -2.41. The standard InChI is InChI=1S/C13H26N2O2/c1-4-7-9-14-12(16)11(6-3)13(17)15-10-8-5-2/h11H,4-10H2,1-3H3,(H,14,16)(H,15,17). The van der Waals surface area contributed by atoms with Gasteiger partial charge in [-0.3, -0.25) is 9.59 Å². The highest BCUT2D eigenvalue weighted by Crippen LogP contribution is 2.03. The average molecular weight is 242 g/mol. The maximum atomic E-state index is 11.8. The highest BCUT2D eigenvalue weighted by molar-refractivity contribution is 6.00. The van der Waals surface area contributed by atoms with Crippen molar-refractivity contribution in [3.05, 3.63) is 0 Å². The highest BCUT2D eigenvalue weighted by Gasteiger charge is 2.23. The first-order chi connectivity index (χ1) is 8.17. The van der Waals surface area contributed by atoms with E-state index in [1.165, 1.54) is 0 Å². The molecule has 4 heteroatoms. The van der Waals surface area contributed by atoms with Crippen LogP contribution in [0.5, 0.6) is 0 Å². The highest BCUT2D eigenvalue weighted by atomic mass is 16.2. The first-order valence-electron chi connectivity index (χ1n) is 6.72.